The van der Waals surface area contributed by atoms with Crippen LogP contribution in [0.4, 0.5) is 0 Å². The maximum absolute atomic E-state index is 3.88. The van der Waals surface area contributed by atoms with Gasteiger partial charge in [-0.1, -0.05) is 26.7 Å². The van der Waals surface area contributed by atoms with Gasteiger partial charge in [0.1, 0.15) is 0 Å². The third kappa shape index (κ3) is 3.86. The summed E-state index contributed by atoms with van der Waals surface area (Å²) >= 11 is 4.22. The fraction of sp³-hybridized carbons (Fsp3) is 0.778. The second-order valence-corrected chi connectivity index (χ2v) is 9.13. The van der Waals surface area contributed by atoms with Crippen molar-refractivity contribution in [2.75, 3.05) is 12.3 Å². The summed E-state index contributed by atoms with van der Waals surface area (Å²) in [5, 5.41) is 3.88. The van der Waals surface area contributed by atoms with E-state index in [9.17, 15) is 0 Å². The van der Waals surface area contributed by atoms with Gasteiger partial charge in [0.15, 0.2) is 0 Å². The largest absolute Gasteiger partial charge is 0.309 e. The molecule has 1 atom stereocenters. The Morgan fingerprint density at radius 2 is 2.10 bits per heavy atom. The quantitative estimate of drug-likeness (QED) is 0.778. The van der Waals surface area contributed by atoms with Crippen LogP contribution in [-0.2, 0) is 12.2 Å². The van der Waals surface area contributed by atoms with Crippen molar-refractivity contribution in [1.29, 1.82) is 0 Å². The lowest BCUT2D eigenvalue weighted by Crippen LogP contribution is -2.30. The van der Waals surface area contributed by atoms with Gasteiger partial charge in [-0.15, -0.1) is 11.3 Å². The lowest BCUT2D eigenvalue weighted by atomic mass is 9.78. The van der Waals surface area contributed by atoms with Crippen LogP contribution >= 0.6 is 23.1 Å². The van der Waals surface area contributed by atoms with Crippen molar-refractivity contribution in [3.63, 3.8) is 0 Å². The second-order valence-electron chi connectivity index (χ2n) is 6.85. The molecule has 1 saturated carbocycles. The number of hydrogen-bond donors (Lipinski definition) is 1. The molecule has 1 aliphatic heterocycles. The van der Waals surface area contributed by atoms with E-state index in [0.29, 0.717) is 6.04 Å². The summed E-state index contributed by atoms with van der Waals surface area (Å²) in [6.07, 6.45) is 8.22. The molecular formula is C18H29NS2. The molecule has 0 saturated heterocycles. The van der Waals surface area contributed by atoms with E-state index < -0.39 is 0 Å². The molecule has 1 aromatic rings. The minimum atomic E-state index is 0.623. The Hall–Kier alpha value is 0.01000. The van der Waals surface area contributed by atoms with Crippen molar-refractivity contribution in [2.45, 2.75) is 64.2 Å². The summed E-state index contributed by atoms with van der Waals surface area (Å²) in [5.41, 5.74) is 1.64. The lowest BCUT2D eigenvalue weighted by Gasteiger charge is -2.33. The number of rotatable bonds is 5. The van der Waals surface area contributed by atoms with Crippen molar-refractivity contribution in [1.82, 2.24) is 5.32 Å². The van der Waals surface area contributed by atoms with Gasteiger partial charge in [0, 0.05) is 21.5 Å². The monoisotopic (exact) mass is 323 g/mol. The van der Waals surface area contributed by atoms with Crippen LogP contribution in [0.2, 0.25) is 0 Å². The fourth-order valence-electron chi connectivity index (χ4n) is 3.74. The van der Waals surface area contributed by atoms with Gasteiger partial charge in [-0.3, -0.25) is 0 Å². The highest BCUT2D eigenvalue weighted by Crippen LogP contribution is 2.41. The molecule has 3 heteroatoms. The molecule has 1 fully saturated rings. The molecule has 118 valence electrons. The summed E-state index contributed by atoms with van der Waals surface area (Å²) in [6.45, 7) is 5.86. The number of nitrogens with one attached hydrogen (secondary N) is 1. The number of aryl methyl sites for hydroxylation is 1. The van der Waals surface area contributed by atoms with E-state index in [1.165, 1.54) is 50.0 Å². The number of thiophene rings is 1. The van der Waals surface area contributed by atoms with Crippen LogP contribution in [0.5, 0.6) is 0 Å². The van der Waals surface area contributed by atoms with E-state index in [1.807, 2.05) is 0 Å². The van der Waals surface area contributed by atoms with Gasteiger partial charge in [-0.25, -0.2) is 0 Å². The maximum atomic E-state index is 3.88. The summed E-state index contributed by atoms with van der Waals surface area (Å²) in [7, 11) is 0. The average molecular weight is 324 g/mol. The minimum Gasteiger partial charge on any atom is -0.309 e. The molecule has 3 rings (SSSR count). The predicted octanol–water partition coefficient (Wildman–Crippen LogP) is 5.40. The van der Waals surface area contributed by atoms with Crippen molar-refractivity contribution in [2.24, 2.45) is 11.8 Å². The highest BCUT2D eigenvalue weighted by atomic mass is 32.2. The Labute approximate surface area is 138 Å². The van der Waals surface area contributed by atoms with Crippen LogP contribution in [0.15, 0.2) is 6.07 Å². The Balaban J connectivity index is 1.76. The van der Waals surface area contributed by atoms with E-state index in [4.69, 9.17) is 0 Å². The summed E-state index contributed by atoms with van der Waals surface area (Å²) < 4.78 is 0. The third-order valence-corrected chi connectivity index (χ3v) is 7.43. The first kappa shape index (κ1) is 15.9. The van der Waals surface area contributed by atoms with Gasteiger partial charge in [0.25, 0.3) is 0 Å². The Bertz CT molecular complexity index is 423. The predicted molar refractivity (Wildman–Crippen MR) is 96.3 cm³/mol. The summed E-state index contributed by atoms with van der Waals surface area (Å²) in [4.78, 5) is 3.31. The molecule has 1 nitrogen and oxygen atoms in total. The normalized spacial score (nSPS) is 27.3. The molecule has 2 aliphatic rings. The van der Waals surface area contributed by atoms with Gasteiger partial charge in [0.2, 0.25) is 0 Å². The number of hydrogen-bond acceptors (Lipinski definition) is 3. The van der Waals surface area contributed by atoms with E-state index in [-0.39, 0.29) is 0 Å². The van der Waals surface area contributed by atoms with Crippen LogP contribution in [0.25, 0.3) is 0 Å². The zero-order valence-electron chi connectivity index (χ0n) is 13.5. The van der Waals surface area contributed by atoms with Crippen molar-refractivity contribution >= 4 is 23.1 Å². The first-order valence-corrected chi connectivity index (χ1v) is 10.7. The van der Waals surface area contributed by atoms with Gasteiger partial charge >= 0.3 is 0 Å². The topological polar surface area (TPSA) is 12.0 Å². The van der Waals surface area contributed by atoms with Gasteiger partial charge in [-0.05, 0) is 61.4 Å². The Morgan fingerprint density at radius 3 is 2.81 bits per heavy atom. The summed E-state index contributed by atoms with van der Waals surface area (Å²) in [6, 6.07) is 3.16. The SMILES string of the molecule is CCCNC(c1cc2c(s1)CCSC2)C1CCC(C)CC1. The molecule has 2 heterocycles. The van der Waals surface area contributed by atoms with Gasteiger partial charge in [0.05, 0.1) is 0 Å². The van der Waals surface area contributed by atoms with Crippen LogP contribution in [0, 0.1) is 11.8 Å². The van der Waals surface area contributed by atoms with E-state index in [2.05, 4.69) is 48.3 Å². The van der Waals surface area contributed by atoms with Crippen LogP contribution in [0.1, 0.15) is 67.3 Å². The zero-order valence-corrected chi connectivity index (χ0v) is 15.1. The molecule has 0 spiro atoms. The van der Waals surface area contributed by atoms with Gasteiger partial charge in [-0.2, -0.15) is 11.8 Å². The molecule has 0 aromatic carbocycles. The molecule has 1 N–H and O–H groups in total. The maximum Gasteiger partial charge on any atom is 0.0443 e. The lowest BCUT2D eigenvalue weighted by molar-refractivity contribution is 0.233. The molecule has 1 unspecified atom stereocenters. The smallest absolute Gasteiger partial charge is 0.0443 e. The third-order valence-electron chi connectivity index (χ3n) is 5.10. The molecule has 0 bridgehead atoms. The molecular weight excluding hydrogens is 294 g/mol. The number of thioether (sulfide) groups is 1. The summed E-state index contributed by atoms with van der Waals surface area (Å²) in [5.74, 6) is 4.37. The van der Waals surface area contributed by atoms with E-state index >= 15 is 0 Å². The molecule has 21 heavy (non-hydrogen) atoms. The Morgan fingerprint density at radius 1 is 1.29 bits per heavy atom. The molecule has 1 aliphatic carbocycles. The Kier molecular flexibility index (Phi) is 5.69. The van der Waals surface area contributed by atoms with Crippen molar-refractivity contribution in [3.8, 4) is 0 Å². The number of fused-ring (bicyclic) bond motifs is 1. The van der Waals surface area contributed by atoms with Crippen LogP contribution < -0.4 is 5.32 Å². The van der Waals surface area contributed by atoms with Gasteiger partial charge < -0.3 is 5.32 Å². The van der Waals surface area contributed by atoms with Crippen LogP contribution in [-0.4, -0.2) is 12.3 Å². The first-order valence-electron chi connectivity index (χ1n) is 8.70. The van der Waals surface area contributed by atoms with Crippen LogP contribution in [0.3, 0.4) is 0 Å². The highest BCUT2D eigenvalue weighted by Gasteiger charge is 2.29. The van der Waals surface area contributed by atoms with E-state index in [1.54, 1.807) is 15.3 Å². The second kappa shape index (κ2) is 7.52. The molecule has 0 amide bonds. The first-order chi connectivity index (χ1) is 10.3. The van der Waals surface area contributed by atoms with Crippen molar-refractivity contribution in [3.05, 3.63) is 21.4 Å². The minimum absolute atomic E-state index is 0.623. The van der Waals surface area contributed by atoms with E-state index in [0.717, 1.165) is 18.4 Å². The average Bonchev–Trinajstić information content (AvgIpc) is 2.93. The zero-order chi connectivity index (χ0) is 14.7. The standard InChI is InChI=1S/C18H29NS2/c1-3-9-19-18(14-6-4-13(2)5-7-14)17-11-15-12-20-10-8-16(15)21-17/h11,13-14,18-19H,3-10,12H2,1-2H3. The van der Waals surface area contributed by atoms with Crippen molar-refractivity contribution < 1.29 is 0 Å². The molecule has 1 aromatic heterocycles. The molecule has 0 radical (unpaired) electrons. The highest BCUT2D eigenvalue weighted by molar-refractivity contribution is 7.98. The fourth-order valence-corrected chi connectivity index (χ4v) is 6.29.